The number of hydrogen-bond donors (Lipinski definition) is 1. The molecule has 0 bridgehead atoms. The number of nitrogens with zero attached hydrogens (tertiary/aromatic N) is 3. The van der Waals surface area contributed by atoms with Gasteiger partial charge in [0.1, 0.15) is 11.3 Å². The smallest absolute Gasteiger partial charge is 0.433 e. The average Bonchev–Trinajstić information content (AvgIpc) is 3.22. The Morgan fingerprint density at radius 1 is 1.09 bits per heavy atom. The number of rotatable bonds is 5. The summed E-state index contributed by atoms with van der Waals surface area (Å²) in [6.07, 6.45) is -3.61. The number of alkyl halides is 3. The molecule has 2 heterocycles. The first-order chi connectivity index (χ1) is 15.3. The fourth-order valence-electron chi connectivity index (χ4n) is 3.35. The number of halogens is 3. The zero-order valence-corrected chi connectivity index (χ0v) is 17.2. The number of carbonyl (C=O) groups is 1. The van der Waals surface area contributed by atoms with Gasteiger partial charge in [0.25, 0.3) is 5.91 Å². The first-order valence-electron chi connectivity index (χ1n) is 9.74. The normalized spacial score (nSPS) is 12.5. The van der Waals surface area contributed by atoms with Crippen molar-refractivity contribution in [3.63, 3.8) is 0 Å². The van der Waals surface area contributed by atoms with Crippen LogP contribution < -0.4 is 10.1 Å². The molecule has 0 saturated carbocycles. The lowest BCUT2D eigenvalue weighted by atomic mass is 10.1. The molecule has 9 heteroatoms. The van der Waals surface area contributed by atoms with E-state index in [4.69, 9.17) is 4.74 Å². The van der Waals surface area contributed by atoms with E-state index in [2.05, 4.69) is 15.4 Å². The summed E-state index contributed by atoms with van der Waals surface area (Å²) in [5.41, 5.74) is 0.0594. The number of nitrogens with one attached hydrogen (secondary N) is 1. The van der Waals surface area contributed by atoms with Crippen LogP contribution in [0.5, 0.6) is 5.75 Å². The molecule has 1 amide bonds. The van der Waals surface area contributed by atoms with Gasteiger partial charge in [-0.05, 0) is 30.7 Å². The van der Waals surface area contributed by atoms with Crippen molar-refractivity contribution in [2.24, 2.45) is 0 Å². The van der Waals surface area contributed by atoms with Crippen molar-refractivity contribution in [3.8, 4) is 17.0 Å². The summed E-state index contributed by atoms with van der Waals surface area (Å²) >= 11 is 0. The predicted octanol–water partition coefficient (Wildman–Crippen LogP) is 4.91. The summed E-state index contributed by atoms with van der Waals surface area (Å²) < 4.78 is 47.2. The summed E-state index contributed by atoms with van der Waals surface area (Å²) in [4.78, 5) is 17.2. The van der Waals surface area contributed by atoms with Crippen LogP contribution in [0, 0.1) is 0 Å². The molecule has 0 aliphatic heterocycles. The predicted molar refractivity (Wildman–Crippen MR) is 112 cm³/mol. The van der Waals surface area contributed by atoms with Gasteiger partial charge < -0.3 is 10.1 Å². The lowest BCUT2D eigenvalue weighted by Crippen LogP contribution is -2.26. The van der Waals surface area contributed by atoms with Gasteiger partial charge in [0.05, 0.1) is 25.0 Å². The number of amides is 1. The van der Waals surface area contributed by atoms with E-state index < -0.39 is 17.8 Å². The van der Waals surface area contributed by atoms with Crippen LogP contribution >= 0.6 is 0 Å². The fraction of sp³-hybridized carbons (Fsp3) is 0.174. The van der Waals surface area contributed by atoms with Gasteiger partial charge in [-0.2, -0.15) is 18.3 Å². The summed E-state index contributed by atoms with van der Waals surface area (Å²) in [5.74, 6) is -0.0966. The van der Waals surface area contributed by atoms with Crippen LogP contribution in [0.15, 0.2) is 66.9 Å². The van der Waals surface area contributed by atoms with Crippen LogP contribution in [0.2, 0.25) is 0 Å². The number of hydrogen-bond acceptors (Lipinski definition) is 4. The van der Waals surface area contributed by atoms with Crippen molar-refractivity contribution in [2.45, 2.75) is 19.1 Å². The largest absolute Gasteiger partial charge is 0.497 e. The quantitative estimate of drug-likeness (QED) is 0.479. The summed E-state index contributed by atoms with van der Waals surface area (Å²) in [7, 11) is 1.46. The number of methoxy groups -OCH3 is 1. The molecular formula is C23H19F3N4O2. The molecule has 0 radical (unpaired) electrons. The maximum absolute atomic E-state index is 13.8. The zero-order chi connectivity index (χ0) is 22.9. The van der Waals surface area contributed by atoms with Crippen molar-refractivity contribution >= 4 is 11.6 Å². The van der Waals surface area contributed by atoms with Crippen LogP contribution in [-0.2, 0) is 6.18 Å². The molecule has 1 atom stereocenters. The van der Waals surface area contributed by atoms with E-state index in [0.717, 1.165) is 17.8 Å². The first-order valence-corrected chi connectivity index (χ1v) is 9.74. The summed E-state index contributed by atoms with van der Waals surface area (Å²) in [6, 6.07) is 16.3. The Hall–Kier alpha value is -3.88. The second kappa shape index (κ2) is 8.33. The molecule has 0 spiro atoms. The van der Waals surface area contributed by atoms with Crippen LogP contribution in [0.4, 0.5) is 13.2 Å². The van der Waals surface area contributed by atoms with Gasteiger partial charge in [0.2, 0.25) is 0 Å². The van der Waals surface area contributed by atoms with E-state index in [-0.39, 0.29) is 22.9 Å². The van der Waals surface area contributed by atoms with Gasteiger partial charge in [0.15, 0.2) is 11.3 Å². The third-order valence-corrected chi connectivity index (χ3v) is 5.02. The molecule has 4 aromatic rings. The van der Waals surface area contributed by atoms with Crippen LogP contribution in [-0.4, -0.2) is 27.6 Å². The van der Waals surface area contributed by atoms with Gasteiger partial charge in [-0.3, -0.25) is 4.79 Å². The Morgan fingerprint density at radius 2 is 1.84 bits per heavy atom. The number of carbonyl (C=O) groups excluding carboxylic acids is 1. The van der Waals surface area contributed by atoms with E-state index in [1.807, 2.05) is 30.3 Å². The first kappa shape index (κ1) is 21.4. The van der Waals surface area contributed by atoms with E-state index >= 15 is 0 Å². The van der Waals surface area contributed by atoms with Gasteiger partial charge in [-0.15, -0.1) is 0 Å². The molecule has 32 heavy (non-hydrogen) atoms. The monoisotopic (exact) mass is 440 g/mol. The van der Waals surface area contributed by atoms with Crippen LogP contribution in [0.25, 0.3) is 16.9 Å². The highest BCUT2D eigenvalue weighted by molar-refractivity contribution is 6.00. The number of aromatic nitrogens is 3. The van der Waals surface area contributed by atoms with Gasteiger partial charge in [-0.25, -0.2) is 9.50 Å². The van der Waals surface area contributed by atoms with E-state index in [9.17, 15) is 18.0 Å². The highest BCUT2D eigenvalue weighted by atomic mass is 19.4. The molecule has 164 valence electrons. The van der Waals surface area contributed by atoms with E-state index in [1.165, 1.54) is 7.11 Å². The summed E-state index contributed by atoms with van der Waals surface area (Å²) in [6.45, 7) is 1.79. The van der Waals surface area contributed by atoms with Crippen molar-refractivity contribution in [1.82, 2.24) is 19.9 Å². The minimum atomic E-state index is -4.70. The molecule has 1 N–H and O–H groups in total. The Morgan fingerprint density at radius 3 is 2.53 bits per heavy atom. The molecule has 0 unspecified atom stereocenters. The second-order valence-corrected chi connectivity index (χ2v) is 7.16. The topological polar surface area (TPSA) is 68.5 Å². The van der Waals surface area contributed by atoms with Crippen molar-refractivity contribution in [1.29, 1.82) is 0 Å². The molecule has 0 saturated heterocycles. The van der Waals surface area contributed by atoms with Crippen molar-refractivity contribution in [3.05, 3.63) is 83.7 Å². The standard InChI is InChI=1S/C23H19F3N4O2/c1-14(15-7-4-3-5-8-15)28-22(31)18-13-27-30-20(23(24,25)26)12-19(29-21(18)30)16-9-6-10-17(11-16)32-2/h3-14H,1-2H3,(H,28,31)/t14-/m0/s1. The van der Waals surface area contributed by atoms with Crippen molar-refractivity contribution < 1.29 is 22.7 Å². The number of benzene rings is 2. The molecule has 0 fully saturated rings. The second-order valence-electron chi connectivity index (χ2n) is 7.16. The fourth-order valence-corrected chi connectivity index (χ4v) is 3.35. The lowest BCUT2D eigenvalue weighted by molar-refractivity contribution is -0.142. The van der Waals surface area contributed by atoms with E-state index in [1.54, 1.807) is 31.2 Å². The Kier molecular flexibility index (Phi) is 5.56. The minimum Gasteiger partial charge on any atom is -0.497 e. The Balaban J connectivity index is 1.80. The highest BCUT2D eigenvalue weighted by Gasteiger charge is 2.36. The molecule has 0 aliphatic carbocycles. The number of ether oxygens (including phenoxy) is 1. The van der Waals surface area contributed by atoms with Crippen LogP contribution in [0.1, 0.15) is 34.6 Å². The highest BCUT2D eigenvalue weighted by Crippen LogP contribution is 2.33. The maximum Gasteiger partial charge on any atom is 0.433 e. The number of fused-ring (bicyclic) bond motifs is 1. The minimum absolute atomic E-state index is 0.0504. The van der Waals surface area contributed by atoms with Crippen LogP contribution in [0.3, 0.4) is 0 Å². The SMILES string of the molecule is COc1cccc(-c2cc(C(F)(F)F)n3ncc(C(=O)N[C@@H](C)c4ccccc4)c3n2)c1. The summed E-state index contributed by atoms with van der Waals surface area (Å²) in [5, 5.41) is 6.60. The third-order valence-electron chi connectivity index (χ3n) is 5.02. The zero-order valence-electron chi connectivity index (χ0n) is 17.2. The van der Waals surface area contributed by atoms with Gasteiger partial charge in [-0.1, -0.05) is 42.5 Å². The lowest BCUT2D eigenvalue weighted by Gasteiger charge is -2.14. The van der Waals surface area contributed by atoms with E-state index in [0.29, 0.717) is 15.8 Å². The molecule has 2 aromatic heterocycles. The molecular weight excluding hydrogens is 421 g/mol. The molecule has 4 rings (SSSR count). The molecule has 2 aromatic carbocycles. The van der Waals surface area contributed by atoms with Gasteiger partial charge in [0, 0.05) is 5.56 Å². The Bertz CT molecular complexity index is 1270. The average molecular weight is 440 g/mol. The third kappa shape index (κ3) is 4.14. The Labute approximate surface area is 181 Å². The molecule has 6 nitrogen and oxygen atoms in total. The maximum atomic E-state index is 13.8. The molecule has 0 aliphatic rings. The van der Waals surface area contributed by atoms with Crippen molar-refractivity contribution in [2.75, 3.05) is 7.11 Å². The van der Waals surface area contributed by atoms with Gasteiger partial charge >= 0.3 is 6.18 Å².